The van der Waals surface area contributed by atoms with Gasteiger partial charge in [0, 0.05) is 12.4 Å². The van der Waals surface area contributed by atoms with Gasteiger partial charge in [0.1, 0.15) is 24.2 Å². The van der Waals surface area contributed by atoms with Crippen LogP contribution >= 0.6 is 0 Å². The van der Waals surface area contributed by atoms with Gasteiger partial charge in [-0.3, -0.25) is 0 Å². The third-order valence-corrected chi connectivity index (χ3v) is 2.48. The highest BCUT2D eigenvalue weighted by molar-refractivity contribution is 5.31. The summed E-state index contributed by atoms with van der Waals surface area (Å²) in [6.45, 7) is 1.08. The number of benzene rings is 1. The molecular weight excluding hydrogens is 230 g/mol. The van der Waals surface area contributed by atoms with E-state index in [1.807, 2.05) is 30.3 Å². The Morgan fingerprint density at radius 2 is 2.00 bits per heavy atom. The number of aromatic nitrogens is 2. The maximum Gasteiger partial charge on any atom is 0.212 e. The molecule has 1 heterocycles. The minimum absolute atomic E-state index is 0.397. The molecule has 0 radical (unpaired) electrons. The Hall–Kier alpha value is -2.48. The molecule has 92 valence electrons. The zero-order valence-corrected chi connectivity index (χ0v) is 10.0. The van der Waals surface area contributed by atoms with Crippen LogP contribution in [0.4, 0.5) is 0 Å². The zero-order chi connectivity index (χ0) is 12.8. The predicted octanol–water partition coefficient (Wildman–Crippen LogP) is 1.84. The SMILES string of the molecule is COc1ccc(OCCn2ccnc2C#N)cc1. The zero-order valence-electron chi connectivity index (χ0n) is 10.0. The monoisotopic (exact) mass is 243 g/mol. The Morgan fingerprint density at radius 1 is 1.28 bits per heavy atom. The summed E-state index contributed by atoms with van der Waals surface area (Å²) in [6, 6.07) is 9.39. The van der Waals surface area contributed by atoms with Crippen LogP contribution in [0.15, 0.2) is 36.7 Å². The molecule has 0 bridgehead atoms. The predicted molar refractivity (Wildman–Crippen MR) is 65.4 cm³/mol. The average molecular weight is 243 g/mol. The number of imidazole rings is 1. The van der Waals surface area contributed by atoms with Crippen LogP contribution in [0, 0.1) is 11.3 Å². The summed E-state index contributed by atoms with van der Waals surface area (Å²) in [6.07, 6.45) is 3.36. The third kappa shape index (κ3) is 2.80. The summed E-state index contributed by atoms with van der Waals surface area (Å²) in [7, 11) is 1.62. The Labute approximate surface area is 105 Å². The van der Waals surface area contributed by atoms with E-state index in [1.54, 1.807) is 24.1 Å². The van der Waals surface area contributed by atoms with E-state index >= 15 is 0 Å². The minimum atomic E-state index is 0.397. The van der Waals surface area contributed by atoms with Crippen molar-refractivity contribution >= 4 is 0 Å². The van der Waals surface area contributed by atoms with Crippen LogP contribution in [0.1, 0.15) is 5.82 Å². The van der Waals surface area contributed by atoms with Gasteiger partial charge < -0.3 is 14.0 Å². The first-order valence-electron chi connectivity index (χ1n) is 5.51. The molecule has 2 aromatic rings. The number of rotatable bonds is 5. The van der Waals surface area contributed by atoms with Crippen molar-refractivity contribution in [3.05, 3.63) is 42.5 Å². The normalized spacial score (nSPS) is 9.78. The van der Waals surface area contributed by atoms with Crippen molar-refractivity contribution in [2.75, 3.05) is 13.7 Å². The molecule has 0 aliphatic carbocycles. The molecule has 0 amide bonds. The molecule has 1 aromatic heterocycles. The number of ether oxygens (including phenoxy) is 2. The van der Waals surface area contributed by atoms with Crippen molar-refractivity contribution in [2.24, 2.45) is 0 Å². The molecule has 0 N–H and O–H groups in total. The summed E-state index contributed by atoms with van der Waals surface area (Å²) >= 11 is 0. The lowest BCUT2D eigenvalue weighted by Crippen LogP contribution is -2.09. The molecule has 5 heteroatoms. The number of methoxy groups -OCH3 is 1. The highest BCUT2D eigenvalue weighted by atomic mass is 16.5. The van der Waals surface area contributed by atoms with Crippen molar-refractivity contribution in [1.29, 1.82) is 5.26 Å². The van der Waals surface area contributed by atoms with Crippen LogP contribution in [0.25, 0.3) is 0 Å². The molecule has 0 fully saturated rings. The Bertz CT molecular complexity index is 540. The summed E-state index contributed by atoms with van der Waals surface area (Å²) in [5.74, 6) is 1.96. The standard InChI is InChI=1S/C13H13N3O2/c1-17-11-2-4-12(5-3-11)18-9-8-16-7-6-15-13(16)10-14/h2-7H,8-9H2,1H3. The fourth-order valence-electron chi connectivity index (χ4n) is 1.54. The maximum atomic E-state index is 8.79. The van der Waals surface area contributed by atoms with Crippen LogP contribution in [-0.4, -0.2) is 23.3 Å². The van der Waals surface area contributed by atoms with Gasteiger partial charge in [-0.2, -0.15) is 5.26 Å². The van der Waals surface area contributed by atoms with E-state index in [2.05, 4.69) is 4.98 Å². The van der Waals surface area contributed by atoms with E-state index in [9.17, 15) is 0 Å². The third-order valence-electron chi connectivity index (χ3n) is 2.48. The lowest BCUT2D eigenvalue weighted by Gasteiger charge is -2.07. The van der Waals surface area contributed by atoms with E-state index < -0.39 is 0 Å². The van der Waals surface area contributed by atoms with Gasteiger partial charge in [0.25, 0.3) is 0 Å². The second-order valence-electron chi connectivity index (χ2n) is 3.58. The largest absolute Gasteiger partial charge is 0.497 e. The number of hydrogen-bond acceptors (Lipinski definition) is 4. The van der Waals surface area contributed by atoms with Gasteiger partial charge in [-0.05, 0) is 24.3 Å². The number of nitriles is 1. The summed E-state index contributed by atoms with van der Waals surface area (Å²) in [4.78, 5) is 3.91. The van der Waals surface area contributed by atoms with Crippen LogP contribution in [-0.2, 0) is 6.54 Å². The molecule has 2 rings (SSSR count). The van der Waals surface area contributed by atoms with E-state index in [0.29, 0.717) is 19.0 Å². The summed E-state index contributed by atoms with van der Waals surface area (Å²) in [5.41, 5.74) is 0. The highest BCUT2D eigenvalue weighted by Crippen LogP contribution is 2.16. The fourth-order valence-corrected chi connectivity index (χ4v) is 1.54. The Kier molecular flexibility index (Phi) is 3.82. The second kappa shape index (κ2) is 5.73. The van der Waals surface area contributed by atoms with Gasteiger partial charge in [-0.1, -0.05) is 0 Å². The van der Waals surface area contributed by atoms with Crippen LogP contribution in [0.5, 0.6) is 11.5 Å². The molecular formula is C13H13N3O2. The number of hydrogen-bond donors (Lipinski definition) is 0. The smallest absolute Gasteiger partial charge is 0.212 e. The highest BCUT2D eigenvalue weighted by Gasteiger charge is 2.01. The summed E-state index contributed by atoms with van der Waals surface area (Å²) in [5, 5.41) is 8.79. The van der Waals surface area contributed by atoms with Gasteiger partial charge in [-0.15, -0.1) is 0 Å². The molecule has 0 aliphatic heterocycles. The van der Waals surface area contributed by atoms with Crippen LogP contribution in [0.3, 0.4) is 0 Å². The molecule has 0 spiro atoms. The fraction of sp³-hybridized carbons (Fsp3) is 0.231. The van der Waals surface area contributed by atoms with Gasteiger partial charge >= 0.3 is 0 Å². The minimum Gasteiger partial charge on any atom is -0.497 e. The van der Waals surface area contributed by atoms with Crippen molar-refractivity contribution in [1.82, 2.24) is 9.55 Å². The Morgan fingerprint density at radius 3 is 2.67 bits per heavy atom. The molecule has 0 saturated carbocycles. The van der Waals surface area contributed by atoms with E-state index in [-0.39, 0.29) is 0 Å². The Balaban J connectivity index is 1.87. The van der Waals surface area contributed by atoms with Gasteiger partial charge in [0.15, 0.2) is 0 Å². The van der Waals surface area contributed by atoms with E-state index in [1.165, 1.54) is 0 Å². The lowest BCUT2D eigenvalue weighted by atomic mass is 10.3. The van der Waals surface area contributed by atoms with Crippen LogP contribution < -0.4 is 9.47 Å². The van der Waals surface area contributed by atoms with Crippen molar-refractivity contribution in [3.63, 3.8) is 0 Å². The van der Waals surface area contributed by atoms with Crippen LogP contribution in [0.2, 0.25) is 0 Å². The molecule has 0 saturated heterocycles. The molecule has 18 heavy (non-hydrogen) atoms. The first-order chi connectivity index (χ1) is 8.83. The molecule has 1 aromatic carbocycles. The summed E-state index contributed by atoms with van der Waals surface area (Å²) < 4.78 is 12.4. The molecule has 0 unspecified atom stereocenters. The van der Waals surface area contributed by atoms with E-state index in [0.717, 1.165) is 11.5 Å². The number of nitrogens with zero attached hydrogens (tertiary/aromatic N) is 3. The maximum absolute atomic E-state index is 8.79. The topological polar surface area (TPSA) is 60.1 Å². The quantitative estimate of drug-likeness (QED) is 0.804. The van der Waals surface area contributed by atoms with Crippen molar-refractivity contribution < 1.29 is 9.47 Å². The van der Waals surface area contributed by atoms with Crippen molar-refractivity contribution in [3.8, 4) is 17.6 Å². The van der Waals surface area contributed by atoms with E-state index in [4.69, 9.17) is 14.7 Å². The van der Waals surface area contributed by atoms with Gasteiger partial charge in [0.05, 0.1) is 13.7 Å². The first-order valence-corrected chi connectivity index (χ1v) is 5.51. The molecule has 0 aliphatic rings. The molecule has 5 nitrogen and oxygen atoms in total. The lowest BCUT2D eigenvalue weighted by molar-refractivity contribution is 0.297. The van der Waals surface area contributed by atoms with Gasteiger partial charge in [-0.25, -0.2) is 4.98 Å². The average Bonchev–Trinajstić information content (AvgIpc) is 2.87. The van der Waals surface area contributed by atoms with Crippen molar-refractivity contribution in [2.45, 2.75) is 6.54 Å². The second-order valence-corrected chi connectivity index (χ2v) is 3.58. The van der Waals surface area contributed by atoms with Gasteiger partial charge in [0.2, 0.25) is 5.82 Å². The first kappa shape index (κ1) is 12.0. The molecule has 0 atom stereocenters.